The zero-order valence-electron chi connectivity index (χ0n) is 14.1. The number of nitrogens with zero attached hydrogens (tertiary/aromatic N) is 3. The summed E-state index contributed by atoms with van der Waals surface area (Å²) in [6.07, 6.45) is 2.95. The van der Waals surface area contributed by atoms with E-state index in [-0.39, 0.29) is 17.6 Å². The maximum Gasteiger partial charge on any atom is 0.331 e. The number of hydrogen-bond acceptors (Lipinski definition) is 4. The first kappa shape index (κ1) is 18.1. The quantitative estimate of drug-likeness (QED) is 0.803. The van der Waals surface area contributed by atoms with Gasteiger partial charge >= 0.3 is 5.69 Å². The highest BCUT2D eigenvalue weighted by molar-refractivity contribution is 9.10. The molecule has 134 valence electrons. The fourth-order valence-electron chi connectivity index (χ4n) is 2.72. The van der Waals surface area contributed by atoms with Gasteiger partial charge in [-0.05, 0) is 37.5 Å². The fraction of sp³-hybridized carbons (Fsp3) is 0.333. The summed E-state index contributed by atoms with van der Waals surface area (Å²) < 4.78 is 3.14. The number of rotatable bonds is 5. The molecule has 1 amide bonds. The predicted molar refractivity (Wildman–Crippen MR) is 98.6 cm³/mol. The second-order valence-corrected chi connectivity index (χ2v) is 7.22. The van der Waals surface area contributed by atoms with E-state index in [1.54, 1.807) is 6.07 Å². The summed E-state index contributed by atoms with van der Waals surface area (Å²) in [5.41, 5.74) is -0.524. The van der Waals surface area contributed by atoms with Crippen molar-refractivity contribution in [3.8, 4) is 6.07 Å². The van der Waals surface area contributed by atoms with E-state index in [0.717, 1.165) is 27.4 Å². The van der Waals surface area contributed by atoms with Gasteiger partial charge in [0, 0.05) is 16.7 Å². The second kappa shape index (κ2) is 7.30. The van der Waals surface area contributed by atoms with E-state index >= 15 is 0 Å². The van der Waals surface area contributed by atoms with Crippen LogP contribution in [0.3, 0.4) is 0 Å². The van der Waals surface area contributed by atoms with E-state index in [9.17, 15) is 14.4 Å². The van der Waals surface area contributed by atoms with Gasteiger partial charge in [0.1, 0.15) is 18.2 Å². The molecule has 1 aromatic carbocycles. The monoisotopic (exact) mass is 416 g/mol. The molecule has 2 aromatic rings. The minimum Gasteiger partial charge on any atom is -0.348 e. The van der Waals surface area contributed by atoms with Crippen LogP contribution in [-0.2, 0) is 11.3 Å². The third-order valence-electron chi connectivity index (χ3n) is 4.31. The summed E-state index contributed by atoms with van der Waals surface area (Å²) in [7, 11) is 0. The van der Waals surface area contributed by atoms with Crippen molar-refractivity contribution in [1.82, 2.24) is 14.5 Å². The first-order valence-corrected chi connectivity index (χ1v) is 9.01. The SMILES string of the molecule is CC(NC(=O)Cn1c(=O)c(C#N)cn(C2CC2)c1=O)c1ccc(Br)cc1. The first-order chi connectivity index (χ1) is 12.4. The molecule has 0 radical (unpaired) electrons. The lowest BCUT2D eigenvalue weighted by Crippen LogP contribution is -2.44. The van der Waals surface area contributed by atoms with Gasteiger partial charge in [0.15, 0.2) is 0 Å². The van der Waals surface area contributed by atoms with Gasteiger partial charge in [0.2, 0.25) is 5.91 Å². The Morgan fingerprint density at radius 3 is 2.58 bits per heavy atom. The highest BCUT2D eigenvalue weighted by Gasteiger charge is 2.27. The molecule has 1 aliphatic rings. The van der Waals surface area contributed by atoms with Gasteiger partial charge in [-0.2, -0.15) is 5.26 Å². The van der Waals surface area contributed by atoms with E-state index in [0.29, 0.717) is 0 Å². The molecule has 1 atom stereocenters. The van der Waals surface area contributed by atoms with Crippen LogP contribution >= 0.6 is 15.9 Å². The number of aromatic nitrogens is 2. The Hall–Kier alpha value is -2.66. The van der Waals surface area contributed by atoms with Crippen LogP contribution in [-0.4, -0.2) is 15.0 Å². The Labute approximate surface area is 158 Å². The van der Waals surface area contributed by atoms with Crippen molar-refractivity contribution >= 4 is 21.8 Å². The van der Waals surface area contributed by atoms with Crippen LogP contribution < -0.4 is 16.6 Å². The number of amides is 1. The largest absolute Gasteiger partial charge is 0.348 e. The number of carbonyl (C=O) groups is 1. The van der Waals surface area contributed by atoms with Crippen molar-refractivity contribution in [2.24, 2.45) is 0 Å². The fourth-order valence-corrected chi connectivity index (χ4v) is 2.98. The molecule has 0 bridgehead atoms. The molecule has 1 unspecified atom stereocenters. The van der Waals surface area contributed by atoms with Gasteiger partial charge in [0.05, 0.1) is 6.04 Å². The summed E-state index contributed by atoms with van der Waals surface area (Å²) >= 11 is 3.35. The van der Waals surface area contributed by atoms with Gasteiger partial charge < -0.3 is 5.32 Å². The summed E-state index contributed by atoms with van der Waals surface area (Å²) in [6.45, 7) is 1.40. The van der Waals surface area contributed by atoms with E-state index in [1.165, 1.54) is 10.8 Å². The molecule has 1 saturated carbocycles. The van der Waals surface area contributed by atoms with Crippen LogP contribution in [0, 0.1) is 11.3 Å². The smallest absolute Gasteiger partial charge is 0.331 e. The topological polar surface area (TPSA) is 96.9 Å². The molecule has 1 N–H and O–H groups in total. The van der Waals surface area contributed by atoms with Crippen molar-refractivity contribution < 1.29 is 4.79 Å². The van der Waals surface area contributed by atoms with Crippen molar-refractivity contribution in [2.75, 3.05) is 0 Å². The van der Waals surface area contributed by atoms with E-state index in [4.69, 9.17) is 5.26 Å². The highest BCUT2D eigenvalue weighted by Crippen LogP contribution is 2.33. The van der Waals surface area contributed by atoms with Crippen LogP contribution in [0.4, 0.5) is 0 Å². The summed E-state index contributed by atoms with van der Waals surface area (Å²) in [5.74, 6) is -0.461. The minimum atomic E-state index is -0.735. The number of carbonyl (C=O) groups excluding carboxylic acids is 1. The minimum absolute atomic E-state index is 0.00574. The average Bonchev–Trinajstić information content (AvgIpc) is 3.44. The molecule has 1 heterocycles. The summed E-state index contributed by atoms with van der Waals surface area (Å²) in [5, 5.41) is 11.9. The lowest BCUT2D eigenvalue weighted by Gasteiger charge is -2.15. The van der Waals surface area contributed by atoms with Gasteiger partial charge in [-0.3, -0.25) is 14.2 Å². The average molecular weight is 417 g/mol. The van der Waals surface area contributed by atoms with Gasteiger partial charge in [-0.15, -0.1) is 0 Å². The van der Waals surface area contributed by atoms with Crippen molar-refractivity contribution in [2.45, 2.75) is 38.4 Å². The van der Waals surface area contributed by atoms with Crippen LogP contribution in [0.5, 0.6) is 0 Å². The second-order valence-electron chi connectivity index (χ2n) is 6.31. The molecular weight excluding hydrogens is 400 g/mol. The Morgan fingerprint density at radius 2 is 2.00 bits per heavy atom. The van der Waals surface area contributed by atoms with E-state index in [1.807, 2.05) is 31.2 Å². The number of halogens is 1. The molecule has 0 saturated heterocycles. The maximum atomic E-state index is 12.5. The number of nitriles is 1. The highest BCUT2D eigenvalue weighted by atomic mass is 79.9. The number of hydrogen-bond donors (Lipinski definition) is 1. The molecule has 1 aliphatic carbocycles. The molecule has 8 heteroatoms. The van der Waals surface area contributed by atoms with Gasteiger partial charge in [-0.1, -0.05) is 28.1 Å². The van der Waals surface area contributed by atoms with Crippen LogP contribution in [0.2, 0.25) is 0 Å². The van der Waals surface area contributed by atoms with Crippen LogP contribution in [0.15, 0.2) is 44.5 Å². The van der Waals surface area contributed by atoms with Crippen molar-refractivity contribution in [3.05, 3.63) is 66.9 Å². The van der Waals surface area contributed by atoms with Crippen LogP contribution in [0.25, 0.3) is 0 Å². The molecule has 3 rings (SSSR count). The molecular formula is C18H17BrN4O3. The van der Waals surface area contributed by atoms with Gasteiger partial charge in [-0.25, -0.2) is 9.36 Å². The molecule has 1 fully saturated rings. The lowest BCUT2D eigenvalue weighted by atomic mass is 10.1. The molecule has 0 aliphatic heterocycles. The zero-order chi connectivity index (χ0) is 18.8. The Balaban J connectivity index is 1.82. The maximum absolute atomic E-state index is 12.5. The Morgan fingerprint density at radius 1 is 1.35 bits per heavy atom. The lowest BCUT2D eigenvalue weighted by molar-refractivity contribution is -0.122. The normalized spacial score (nSPS) is 14.5. The van der Waals surface area contributed by atoms with E-state index < -0.39 is 23.7 Å². The molecule has 26 heavy (non-hydrogen) atoms. The van der Waals surface area contributed by atoms with E-state index in [2.05, 4.69) is 21.2 Å². The van der Waals surface area contributed by atoms with Crippen molar-refractivity contribution in [1.29, 1.82) is 5.26 Å². The summed E-state index contributed by atoms with van der Waals surface area (Å²) in [6, 6.07) is 9.01. The standard InChI is InChI=1S/C18H17BrN4O3/c1-11(12-2-4-14(19)5-3-12)21-16(24)10-23-17(25)13(8-20)9-22(18(23)26)15-6-7-15/h2-5,9,11,15H,6-7,10H2,1H3,(H,21,24). The third kappa shape index (κ3) is 3.78. The molecule has 0 spiro atoms. The Bertz CT molecular complexity index is 997. The number of nitrogens with one attached hydrogen (secondary N) is 1. The molecule has 1 aromatic heterocycles. The summed E-state index contributed by atoms with van der Waals surface area (Å²) in [4.78, 5) is 37.1. The predicted octanol–water partition coefficient (Wildman–Crippen LogP) is 1.86. The number of benzene rings is 1. The van der Waals surface area contributed by atoms with Crippen molar-refractivity contribution in [3.63, 3.8) is 0 Å². The first-order valence-electron chi connectivity index (χ1n) is 8.21. The van der Waals surface area contributed by atoms with Crippen LogP contribution in [0.1, 0.15) is 43.0 Å². The zero-order valence-corrected chi connectivity index (χ0v) is 15.7. The molecule has 7 nitrogen and oxygen atoms in total. The Kier molecular flexibility index (Phi) is 5.09. The third-order valence-corrected chi connectivity index (χ3v) is 4.83. The van der Waals surface area contributed by atoms with Gasteiger partial charge in [0.25, 0.3) is 5.56 Å².